The van der Waals surface area contributed by atoms with E-state index >= 15 is 0 Å². The Kier molecular flexibility index (Phi) is 4.45. The molecule has 3 aromatic rings. The fourth-order valence-corrected chi connectivity index (χ4v) is 6.19. The second-order valence-electron chi connectivity index (χ2n) is 9.77. The van der Waals surface area contributed by atoms with Crippen LogP contribution >= 0.6 is 15.9 Å². The topological polar surface area (TPSA) is 68.8 Å². The molecule has 2 atom stereocenters. The minimum atomic E-state index is -0.788. The molecule has 2 aromatic heterocycles. The first-order valence-corrected chi connectivity index (χ1v) is 12.0. The van der Waals surface area contributed by atoms with Gasteiger partial charge in [-0.1, -0.05) is 24.3 Å². The first-order valence-electron chi connectivity index (χ1n) is 11.2. The Morgan fingerprint density at radius 3 is 2.71 bits per heavy atom. The zero-order valence-electron chi connectivity index (χ0n) is 17.5. The summed E-state index contributed by atoms with van der Waals surface area (Å²) in [6, 6.07) is 9.51. The van der Waals surface area contributed by atoms with Crippen LogP contribution in [0.5, 0.6) is 0 Å². The number of halogens is 2. The van der Waals surface area contributed by atoms with Gasteiger partial charge in [-0.15, -0.1) is 0 Å². The fraction of sp³-hybridized carbons (Fsp3) is 0.500. The van der Waals surface area contributed by atoms with Crippen molar-refractivity contribution in [2.24, 2.45) is 5.41 Å². The van der Waals surface area contributed by atoms with Gasteiger partial charge in [0.1, 0.15) is 23.5 Å². The number of aromatic nitrogens is 3. The van der Waals surface area contributed by atoms with Crippen molar-refractivity contribution in [3.63, 3.8) is 0 Å². The van der Waals surface area contributed by atoms with E-state index in [2.05, 4.69) is 66.2 Å². The number of anilines is 1. The SMILES string of the molecule is Nc1ncnc2c1c(Br)cn2C1CCC(c2ccc(CCNCC34CC3(F)C4)cc2)C1. The third kappa shape index (κ3) is 3.28. The summed E-state index contributed by atoms with van der Waals surface area (Å²) < 4.78 is 16.9. The lowest BCUT2D eigenvalue weighted by atomic mass is 9.96. The molecule has 0 spiro atoms. The summed E-state index contributed by atoms with van der Waals surface area (Å²) in [6.07, 6.45) is 9.62. The smallest absolute Gasteiger partial charge is 0.146 e. The number of nitrogens with zero attached hydrogens (tertiary/aromatic N) is 3. The molecule has 2 heterocycles. The molecule has 3 aliphatic rings. The summed E-state index contributed by atoms with van der Waals surface area (Å²) in [4.78, 5) is 8.62. The summed E-state index contributed by atoms with van der Waals surface area (Å²) in [7, 11) is 0. The first-order chi connectivity index (χ1) is 15.0. The van der Waals surface area contributed by atoms with E-state index in [-0.39, 0.29) is 5.41 Å². The van der Waals surface area contributed by atoms with Crippen LogP contribution in [0.25, 0.3) is 11.0 Å². The summed E-state index contributed by atoms with van der Waals surface area (Å²) >= 11 is 3.62. The molecule has 2 unspecified atom stereocenters. The standard InChI is InChI=1S/C24H27BrFN5/c25-19-10-31(22-20(19)21(27)29-14-30-22)18-6-5-17(9-18)16-3-1-15(2-4-16)7-8-28-13-23-11-24(23,26)12-23/h1-4,10,14,17-18,28H,5-9,11-13H2,(H2,27,29,30). The van der Waals surface area contributed by atoms with Gasteiger partial charge in [-0.2, -0.15) is 0 Å². The van der Waals surface area contributed by atoms with Crippen molar-refractivity contribution in [3.05, 3.63) is 52.4 Å². The number of alkyl halides is 1. The summed E-state index contributed by atoms with van der Waals surface area (Å²) in [6.45, 7) is 1.76. The Balaban J connectivity index is 1.07. The van der Waals surface area contributed by atoms with Gasteiger partial charge in [0.2, 0.25) is 0 Å². The lowest BCUT2D eigenvalue weighted by Crippen LogP contribution is -2.22. The molecule has 5 nitrogen and oxygen atoms in total. The molecule has 0 bridgehead atoms. The second-order valence-corrected chi connectivity index (χ2v) is 10.6. The highest BCUT2D eigenvalue weighted by Crippen LogP contribution is 2.80. The third-order valence-corrected chi connectivity index (χ3v) is 8.43. The van der Waals surface area contributed by atoms with Crippen LogP contribution < -0.4 is 11.1 Å². The van der Waals surface area contributed by atoms with Crippen molar-refractivity contribution in [1.29, 1.82) is 0 Å². The molecule has 0 amide bonds. The highest BCUT2D eigenvalue weighted by Gasteiger charge is 2.84. The highest BCUT2D eigenvalue weighted by atomic mass is 79.9. The number of hydrogen-bond donors (Lipinski definition) is 2. The number of rotatable bonds is 7. The Morgan fingerprint density at radius 1 is 1.19 bits per heavy atom. The van der Waals surface area contributed by atoms with Gasteiger partial charge >= 0.3 is 0 Å². The Hall–Kier alpha value is -1.99. The number of nitrogen functional groups attached to an aromatic ring is 1. The average Bonchev–Trinajstić information content (AvgIpc) is 3.28. The first kappa shape index (κ1) is 19.7. The maximum Gasteiger partial charge on any atom is 0.146 e. The number of nitrogens with one attached hydrogen (secondary N) is 1. The maximum absolute atomic E-state index is 13.6. The van der Waals surface area contributed by atoms with E-state index < -0.39 is 5.67 Å². The van der Waals surface area contributed by atoms with Crippen LogP contribution in [0.2, 0.25) is 0 Å². The van der Waals surface area contributed by atoms with Crippen LogP contribution in [0.4, 0.5) is 10.2 Å². The number of fused-ring (bicyclic) bond motifs is 2. The quantitative estimate of drug-likeness (QED) is 0.468. The zero-order chi connectivity index (χ0) is 21.2. The van der Waals surface area contributed by atoms with Gasteiger partial charge in [-0.25, -0.2) is 14.4 Å². The van der Waals surface area contributed by atoms with Gasteiger partial charge in [0.15, 0.2) is 0 Å². The van der Waals surface area contributed by atoms with Gasteiger partial charge in [-0.05, 0) is 78.0 Å². The molecular formula is C24H27BrFN5. The third-order valence-electron chi connectivity index (χ3n) is 7.83. The molecule has 0 saturated heterocycles. The van der Waals surface area contributed by atoms with Crippen molar-refractivity contribution in [3.8, 4) is 0 Å². The maximum atomic E-state index is 13.6. The van der Waals surface area contributed by atoms with E-state index in [1.165, 1.54) is 17.5 Å². The second kappa shape index (κ2) is 7.01. The largest absolute Gasteiger partial charge is 0.383 e. The Morgan fingerprint density at radius 2 is 1.97 bits per heavy atom. The fourth-order valence-electron chi connectivity index (χ4n) is 5.59. The van der Waals surface area contributed by atoms with Crippen molar-refractivity contribution < 1.29 is 4.39 Å². The number of hydrogen-bond acceptors (Lipinski definition) is 4. The molecule has 3 fully saturated rings. The molecule has 3 N–H and O–H groups in total. The average molecular weight is 484 g/mol. The monoisotopic (exact) mass is 483 g/mol. The zero-order valence-corrected chi connectivity index (χ0v) is 19.0. The number of benzene rings is 1. The molecule has 0 radical (unpaired) electrons. The van der Waals surface area contributed by atoms with Crippen molar-refractivity contribution in [2.75, 3.05) is 18.8 Å². The van der Waals surface area contributed by atoms with Crippen molar-refractivity contribution in [1.82, 2.24) is 19.9 Å². The van der Waals surface area contributed by atoms with E-state index in [0.717, 1.165) is 60.7 Å². The Labute approximate surface area is 189 Å². The van der Waals surface area contributed by atoms with E-state index in [0.29, 0.717) is 17.8 Å². The van der Waals surface area contributed by atoms with Gasteiger partial charge < -0.3 is 15.6 Å². The molecule has 7 heteroatoms. The summed E-state index contributed by atoms with van der Waals surface area (Å²) in [5.41, 5.74) is 8.97. The molecule has 162 valence electrons. The summed E-state index contributed by atoms with van der Waals surface area (Å²) in [5.74, 6) is 1.09. The van der Waals surface area contributed by atoms with Crippen LogP contribution in [-0.2, 0) is 6.42 Å². The Bertz CT molecular complexity index is 1130. The molecule has 31 heavy (non-hydrogen) atoms. The number of nitrogens with two attached hydrogens (primary N) is 1. The molecule has 3 saturated carbocycles. The molecular weight excluding hydrogens is 457 g/mol. The predicted octanol–water partition coefficient (Wildman–Crippen LogP) is 4.92. The van der Waals surface area contributed by atoms with E-state index in [1.54, 1.807) is 6.33 Å². The predicted molar refractivity (Wildman–Crippen MR) is 124 cm³/mol. The summed E-state index contributed by atoms with van der Waals surface area (Å²) in [5, 5.41) is 4.36. The van der Waals surface area contributed by atoms with Crippen molar-refractivity contribution in [2.45, 2.75) is 56.2 Å². The molecule has 3 aliphatic carbocycles. The van der Waals surface area contributed by atoms with Gasteiger partial charge in [0.25, 0.3) is 0 Å². The van der Waals surface area contributed by atoms with Crippen LogP contribution in [0.15, 0.2) is 41.3 Å². The van der Waals surface area contributed by atoms with Crippen LogP contribution in [-0.4, -0.2) is 33.3 Å². The van der Waals surface area contributed by atoms with Gasteiger partial charge in [0, 0.05) is 28.7 Å². The molecule has 0 aliphatic heterocycles. The molecule has 6 rings (SSSR count). The van der Waals surface area contributed by atoms with E-state index in [4.69, 9.17) is 5.73 Å². The van der Waals surface area contributed by atoms with E-state index in [1.807, 2.05) is 0 Å². The minimum Gasteiger partial charge on any atom is -0.383 e. The van der Waals surface area contributed by atoms with Gasteiger partial charge in [0.05, 0.1) is 5.39 Å². The highest BCUT2D eigenvalue weighted by molar-refractivity contribution is 9.10. The minimum absolute atomic E-state index is 0.0221. The van der Waals surface area contributed by atoms with Crippen LogP contribution in [0, 0.1) is 5.41 Å². The normalized spacial score (nSPS) is 31.2. The van der Waals surface area contributed by atoms with E-state index in [9.17, 15) is 4.39 Å². The van der Waals surface area contributed by atoms with Crippen LogP contribution in [0.1, 0.15) is 55.2 Å². The lowest BCUT2D eigenvalue weighted by molar-refractivity contribution is 0.389. The lowest BCUT2D eigenvalue weighted by Gasteiger charge is -2.15. The van der Waals surface area contributed by atoms with Gasteiger partial charge in [-0.3, -0.25) is 0 Å². The molecule has 1 aromatic carbocycles. The van der Waals surface area contributed by atoms with Crippen molar-refractivity contribution >= 4 is 32.8 Å². The van der Waals surface area contributed by atoms with Crippen LogP contribution in [0.3, 0.4) is 0 Å².